The number of amides is 1. The molecule has 2 heterocycles. The van der Waals surface area contributed by atoms with Crippen molar-refractivity contribution >= 4 is 34.3 Å². The Bertz CT molecular complexity index is 994. The van der Waals surface area contributed by atoms with Gasteiger partial charge in [0.15, 0.2) is 5.16 Å². The lowest BCUT2D eigenvalue weighted by molar-refractivity contribution is 0.102. The smallest absolute Gasteiger partial charge is 0.255 e. The highest BCUT2D eigenvalue weighted by atomic mass is 32.2. The van der Waals surface area contributed by atoms with Gasteiger partial charge in [0, 0.05) is 22.4 Å². The van der Waals surface area contributed by atoms with Crippen molar-refractivity contribution in [3.63, 3.8) is 0 Å². The fourth-order valence-corrected chi connectivity index (χ4v) is 3.13. The number of hydrogen-bond donors (Lipinski definition) is 3. The zero-order valence-corrected chi connectivity index (χ0v) is 13.9. The minimum Gasteiger partial charge on any atom is -0.322 e. The maximum Gasteiger partial charge on any atom is 0.255 e. The number of aromatic amines is 2. The van der Waals surface area contributed by atoms with Crippen LogP contribution in [-0.4, -0.2) is 31.3 Å². The number of H-pyrrole nitrogens is 2. The molecule has 8 heteroatoms. The van der Waals surface area contributed by atoms with Gasteiger partial charge >= 0.3 is 0 Å². The molecule has 4 aromatic rings. The Kier molecular flexibility index (Phi) is 4.17. The molecule has 0 aliphatic heterocycles. The molecule has 3 N–H and O–H groups in total. The van der Waals surface area contributed by atoms with Crippen LogP contribution in [0, 0.1) is 0 Å². The zero-order chi connectivity index (χ0) is 17.1. The number of nitrogens with zero attached hydrogens (tertiary/aromatic N) is 3. The Labute approximate surface area is 147 Å². The summed E-state index contributed by atoms with van der Waals surface area (Å²) in [5.74, 6) is 0.617. The average Bonchev–Trinajstić information content (AvgIpc) is 3.31. The van der Waals surface area contributed by atoms with E-state index in [-0.39, 0.29) is 5.91 Å². The van der Waals surface area contributed by atoms with E-state index in [1.807, 2.05) is 42.5 Å². The molecule has 0 fully saturated rings. The van der Waals surface area contributed by atoms with Crippen LogP contribution >= 0.6 is 11.8 Å². The summed E-state index contributed by atoms with van der Waals surface area (Å²) in [6.07, 6.45) is 3.21. The second kappa shape index (κ2) is 6.78. The molecule has 1 amide bonds. The van der Waals surface area contributed by atoms with E-state index in [0.717, 1.165) is 33.1 Å². The Balaban J connectivity index is 1.41. The molecule has 7 nitrogen and oxygen atoms in total. The van der Waals surface area contributed by atoms with Crippen LogP contribution in [0.3, 0.4) is 0 Å². The standard InChI is InChI=1S/C17H14N6OS/c24-16(21-14-5-6-15-13(7-14)8-19-22-15)12-3-1-11(2-4-12)9-25-17-18-10-20-23-17/h1-8,10H,9H2,(H,19,22)(H,21,24)(H,18,20,23). The van der Waals surface area contributed by atoms with Gasteiger partial charge < -0.3 is 5.32 Å². The van der Waals surface area contributed by atoms with E-state index < -0.39 is 0 Å². The van der Waals surface area contributed by atoms with Gasteiger partial charge in [-0.2, -0.15) is 10.2 Å². The number of rotatable bonds is 5. The normalized spacial score (nSPS) is 10.9. The van der Waals surface area contributed by atoms with Crippen LogP contribution < -0.4 is 5.32 Å². The van der Waals surface area contributed by atoms with Crippen LogP contribution in [0.1, 0.15) is 15.9 Å². The van der Waals surface area contributed by atoms with Gasteiger partial charge in [-0.25, -0.2) is 4.98 Å². The lowest BCUT2D eigenvalue weighted by Gasteiger charge is -2.06. The second-order valence-corrected chi connectivity index (χ2v) is 6.37. The number of fused-ring (bicyclic) bond motifs is 1. The number of hydrogen-bond acceptors (Lipinski definition) is 5. The Morgan fingerprint density at radius 3 is 2.76 bits per heavy atom. The summed E-state index contributed by atoms with van der Waals surface area (Å²) in [6, 6.07) is 13.2. The highest BCUT2D eigenvalue weighted by Gasteiger charge is 2.07. The van der Waals surface area contributed by atoms with Gasteiger partial charge in [-0.3, -0.25) is 15.0 Å². The van der Waals surface area contributed by atoms with Crippen molar-refractivity contribution in [3.8, 4) is 0 Å². The third kappa shape index (κ3) is 3.53. The van der Waals surface area contributed by atoms with E-state index in [0.29, 0.717) is 5.56 Å². The molecule has 0 radical (unpaired) electrons. The van der Waals surface area contributed by atoms with Gasteiger partial charge in [0.1, 0.15) is 6.33 Å². The SMILES string of the molecule is O=C(Nc1ccc2[nH]ncc2c1)c1ccc(CSc2ncn[nH]2)cc1. The molecule has 0 aliphatic carbocycles. The lowest BCUT2D eigenvalue weighted by Crippen LogP contribution is -2.11. The summed E-state index contributed by atoms with van der Waals surface area (Å²) < 4.78 is 0. The van der Waals surface area contributed by atoms with E-state index in [1.165, 1.54) is 6.33 Å². The molecular formula is C17H14N6OS. The fraction of sp³-hybridized carbons (Fsp3) is 0.0588. The van der Waals surface area contributed by atoms with Crippen LogP contribution in [0.5, 0.6) is 0 Å². The van der Waals surface area contributed by atoms with E-state index in [1.54, 1.807) is 18.0 Å². The first-order valence-electron chi connectivity index (χ1n) is 7.59. The fourth-order valence-electron chi connectivity index (χ4n) is 2.39. The van der Waals surface area contributed by atoms with Crippen molar-refractivity contribution in [2.24, 2.45) is 0 Å². The van der Waals surface area contributed by atoms with E-state index >= 15 is 0 Å². The highest BCUT2D eigenvalue weighted by Crippen LogP contribution is 2.20. The maximum atomic E-state index is 12.4. The minimum atomic E-state index is -0.141. The number of nitrogens with one attached hydrogen (secondary N) is 3. The first-order valence-corrected chi connectivity index (χ1v) is 8.58. The molecule has 2 aromatic heterocycles. The van der Waals surface area contributed by atoms with E-state index in [9.17, 15) is 4.79 Å². The first kappa shape index (κ1) is 15.4. The first-order chi connectivity index (χ1) is 12.3. The summed E-state index contributed by atoms with van der Waals surface area (Å²) in [5.41, 5.74) is 3.40. The summed E-state index contributed by atoms with van der Waals surface area (Å²) in [4.78, 5) is 16.4. The van der Waals surface area contributed by atoms with Gasteiger partial charge in [0.05, 0.1) is 11.7 Å². The summed E-state index contributed by atoms with van der Waals surface area (Å²) in [6.45, 7) is 0. The maximum absolute atomic E-state index is 12.4. The largest absolute Gasteiger partial charge is 0.322 e. The molecule has 124 valence electrons. The number of thioether (sulfide) groups is 1. The van der Waals surface area contributed by atoms with E-state index in [4.69, 9.17) is 0 Å². The predicted molar refractivity (Wildman–Crippen MR) is 96.4 cm³/mol. The average molecular weight is 350 g/mol. The van der Waals surface area contributed by atoms with Crippen molar-refractivity contribution in [1.29, 1.82) is 0 Å². The zero-order valence-electron chi connectivity index (χ0n) is 13.1. The van der Waals surface area contributed by atoms with Crippen LogP contribution in [-0.2, 0) is 5.75 Å². The monoisotopic (exact) mass is 350 g/mol. The molecule has 0 bridgehead atoms. The molecule has 0 unspecified atom stereocenters. The van der Waals surface area contributed by atoms with Crippen molar-refractivity contribution < 1.29 is 4.79 Å². The van der Waals surface area contributed by atoms with Crippen molar-refractivity contribution in [2.45, 2.75) is 10.9 Å². The van der Waals surface area contributed by atoms with Gasteiger partial charge in [0.25, 0.3) is 5.91 Å². The van der Waals surface area contributed by atoms with Gasteiger partial charge in [0.2, 0.25) is 0 Å². The molecular weight excluding hydrogens is 336 g/mol. The third-order valence-corrected chi connectivity index (χ3v) is 4.63. The predicted octanol–water partition coefficient (Wildman–Crippen LogP) is 3.23. The van der Waals surface area contributed by atoms with Crippen LogP contribution in [0.15, 0.2) is 60.1 Å². The lowest BCUT2D eigenvalue weighted by atomic mass is 10.1. The number of benzene rings is 2. The molecule has 4 rings (SSSR count). The number of aromatic nitrogens is 5. The molecule has 0 atom stereocenters. The molecule has 25 heavy (non-hydrogen) atoms. The summed E-state index contributed by atoms with van der Waals surface area (Å²) in [5, 5.41) is 18.1. The summed E-state index contributed by atoms with van der Waals surface area (Å²) >= 11 is 1.56. The molecule has 0 spiro atoms. The molecule has 0 saturated heterocycles. The number of anilines is 1. The Morgan fingerprint density at radius 1 is 1.08 bits per heavy atom. The quantitative estimate of drug-likeness (QED) is 0.480. The third-order valence-electron chi connectivity index (χ3n) is 3.68. The van der Waals surface area contributed by atoms with Gasteiger partial charge in [-0.05, 0) is 35.9 Å². The minimum absolute atomic E-state index is 0.141. The van der Waals surface area contributed by atoms with Crippen molar-refractivity contribution in [2.75, 3.05) is 5.32 Å². The highest BCUT2D eigenvalue weighted by molar-refractivity contribution is 7.98. The van der Waals surface area contributed by atoms with Crippen LogP contribution in [0.4, 0.5) is 5.69 Å². The molecule has 0 aliphatic rings. The van der Waals surface area contributed by atoms with Crippen LogP contribution in [0.2, 0.25) is 0 Å². The Hall–Kier alpha value is -3.13. The Morgan fingerprint density at radius 2 is 1.96 bits per heavy atom. The number of carbonyl (C=O) groups is 1. The van der Waals surface area contributed by atoms with E-state index in [2.05, 4.69) is 30.7 Å². The molecule has 0 saturated carbocycles. The molecule has 2 aromatic carbocycles. The van der Waals surface area contributed by atoms with Crippen LogP contribution in [0.25, 0.3) is 10.9 Å². The van der Waals surface area contributed by atoms with Crippen molar-refractivity contribution in [1.82, 2.24) is 25.4 Å². The van der Waals surface area contributed by atoms with Crippen molar-refractivity contribution in [3.05, 3.63) is 66.1 Å². The number of carbonyl (C=O) groups excluding carboxylic acids is 1. The second-order valence-electron chi connectivity index (χ2n) is 5.40. The van der Waals surface area contributed by atoms with Gasteiger partial charge in [-0.1, -0.05) is 23.9 Å². The van der Waals surface area contributed by atoms with Gasteiger partial charge in [-0.15, -0.1) is 0 Å². The summed E-state index contributed by atoms with van der Waals surface area (Å²) in [7, 11) is 0. The topological polar surface area (TPSA) is 99.3 Å².